The Balaban J connectivity index is 1.94. The molecule has 1 saturated carbocycles. The summed E-state index contributed by atoms with van der Waals surface area (Å²) in [6.45, 7) is 5.81. The molecule has 0 heterocycles. The summed E-state index contributed by atoms with van der Waals surface area (Å²) in [5.74, 6) is 1.07. The van der Waals surface area contributed by atoms with E-state index in [9.17, 15) is 0 Å². The van der Waals surface area contributed by atoms with Gasteiger partial charge in [-0.3, -0.25) is 0 Å². The van der Waals surface area contributed by atoms with E-state index in [0.717, 1.165) is 12.0 Å². The number of rotatable bonds is 8. The largest absolute Gasteiger partial charge is 0.314 e. The average Bonchev–Trinajstić information content (AvgIpc) is 2.94. The lowest BCUT2D eigenvalue weighted by atomic mass is 10.1. The van der Waals surface area contributed by atoms with Crippen molar-refractivity contribution in [1.82, 2.24) is 5.32 Å². The molecule has 0 aliphatic heterocycles. The maximum atomic E-state index is 3.68. The highest BCUT2D eigenvalue weighted by molar-refractivity contribution is 4.79. The van der Waals surface area contributed by atoms with Crippen LogP contribution in [0.3, 0.4) is 0 Å². The molecular weight excluding hydrogens is 158 g/mol. The van der Waals surface area contributed by atoms with E-state index in [2.05, 4.69) is 19.2 Å². The first-order valence-electron chi connectivity index (χ1n) is 6.10. The first kappa shape index (κ1) is 11.0. The molecular formula is C12H25N. The average molecular weight is 183 g/mol. The van der Waals surface area contributed by atoms with E-state index in [4.69, 9.17) is 0 Å². The predicted molar refractivity (Wildman–Crippen MR) is 58.9 cm³/mol. The third kappa shape index (κ3) is 5.30. The maximum Gasteiger partial charge on any atom is 0.00670 e. The van der Waals surface area contributed by atoms with Crippen LogP contribution in [0.15, 0.2) is 0 Å². The summed E-state index contributed by atoms with van der Waals surface area (Å²) in [4.78, 5) is 0. The molecule has 1 aliphatic rings. The Morgan fingerprint density at radius 3 is 2.54 bits per heavy atom. The Kier molecular flexibility index (Phi) is 5.45. The van der Waals surface area contributed by atoms with E-state index in [1.165, 1.54) is 51.5 Å². The molecule has 78 valence electrons. The van der Waals surface area contributed by atoms with E-state index in [0.29, 0.717) is 0 Å². The van der Waals surface area contributed by atoms with Crippen LogP contribution in [-0.2, 0) is 0 Å². The van der Waals surface area contributed by atoms with Crippen LogP contribution >= 0.6 is 0 Å². The van der Waals surface area contributed by atoms with Crippen LogP contribution in [0.5, 0.6) is 0 Å². The van der Waals surface area contributed by atoms with Crippen molar-refractivity contribution in [3.05, 3.63) is 0 Å². The van der Waals surface area contributed by atoms with Gasteiger partial charge in [0.2, 0.25) is 0 Å². The van der Waals surface area contributed by atoms with Gasteiger partial charge in [0.05, 0.1) is 0 Å². The lowest BCUT2D eigenvalue weighted by molar-refractivity contribution is 0.438. The lowest BCUT2D eigenvalue weighted by Crippen LogP contribution is -2.29. The van der Waals surface area contributed by atoms with Crippen molar-refractivity contribution in [1.29, 1.82) is 0 Å². The molecule has 1 N–H and O–H groups in total. The van der Waals surface area contributed by atoms with Gasteiger partial charge in [-0.05, 0) is 31.7 Å². The van der Waals surface area contributed by atoms with Gasteiger partial charge in [-0.1, -0.05) is 39.5 Å². The Morgan fingerprint density at radius 1 is 1.23 bits per heavy atom. The summed E-state index contributed by atoms with van der Waals surface area (Å²) in [6.07, 6.45) is 9.80. The zero-order valence-corrected chi connectivity index (χ0v) is 9.31. The fourth-order valence-corrected chi connectivity index (χ4v) is 1.83. The molecule has 1 unspecified atom stereocenters. The monoisotopic (exact) mass is 183 g/mol. The first-order valence-corrected chi connectivity index (χ1v) is 6.10. The van der Waals surface area contributed by atoms with Crippen molar-refractivity contribution < 1.29 is 0 Å². The Bertz CT molecular complexity index is 118. The molecule has 1 fully saturated rings. The highest BCUT2D eigenvalue weighted by atomic mass is 14.9. The SMILES string of the molecule is CCCCCNC(CC)CC1CC1. The summed E-state index contributed by atoms with van der Waals surface area (Å²) in [7, 11) is 0. The zero-order valence-electron chi connectivity index (χ0n) is 9.31. The topological polar surface area (TPSA) is 12.0 Å². The smallest absolute Gasteiger partial charge is 0.00670 e. The van der Waals surface area contributed by atoms with E-state index in [1.54, 1.807) is 0 Å². The van der Waals surface area contributed by atoms with Gasteiger partial charge in [0, 0.05) is 6.04 Å². The van der Waals surface area contributed by atoms with Gasteiger partial charge in [-0.15, -0.1) is 0 Å². The molecule has 0 aromatic rings. The molecule has 1 rings (SSSR count). The van der Waals surface area contributed by atoms with Crippen LogP contribution in [0, 0.1) is 5.92 Å². The number of unbranched alkanes of at least 4 members (excludes halogenated alkanes) is 2. The number of hydrogen-bond acceptors (Lipinski definition) is 1. The minimum atomic E-state index is 0.810. The Labute approximate surface area is 83.3 Å². The molecule has 0 radical (unpaired) electrons. The molecule has 0 amide bonds. The van der Waals surface area contributed by atoms with Gasteiger partial charge in [0.25, 0.3) is 0 Å². The molecule has 13 heavy (non-hydrogen) atoms. The second-order valence-corrected chi connectivity index (χ2v) is 4.45. The Morgan fingerprint density at radius 2 is 2.00 bits per heavy atom. The van der Waals surface area contributed by atoms with Crippen molar-refractivity contribution in [2.45, 2.75) is 64.8 Å². The zero-order chi connectivity index (χ0) is 9.52. The molecule has 1 aliphatic carbocycles. The van der Waals surface area contributed by atoms with Gasteiger partial charge in [-0.2, -0.15) is 0 Å². The summed E-state index contributed by atoms with van der Waals surface area (Å²) >= 11 is 0. The predicted octanol–water partition coefficient (Wildman–Crippen LogP) is 3.34. The standard InChI is InChI=1S/C12H25N/c1-3-5-6-9-13-12(4-2)10-11-7-8-11/h11-13H,3-10H2,1-2H3. The second-order valence-electron chi connectivity index (χ2n) is 4.45. The molecule has 0 aromatic heterocycles. The summed E-state index contributed by atoms with van der Waals surface area (Å²) in [5, 5.41) is 3.68. The fourth-order valence-electron chi connectivity index (χ4n) is 1.83. The quantitative estimate of drug-likeness (QED) is 0.569. The second kappa shape index (κ2) is 6.42. The van der Waals surface area contributed by atoms with Gasteiger partial charge in [0.1, 0.15) is 0 Å². The highest BCUT2D eigenvalue weighted by Crippen LogP contribution is 2.33. The van der Waals surface area contributed by atoms with Crippen LogP contribution in [0.25, 0.3) is 0 Å². The van der Waals surface area contributed by atoms with Crippen molar-refractivity contribution in [3.63, 3.8) is 0 Å². The maximum absolute atomic E-state index is 3.68. The van der Waals surface area contributed by atoms with E-state index in [-0.39, 0.29) is 0 Å². The highest BCUT2D eigenvalue weighted by Gasteiger charge is 2.24. The van der Waals surface area contributed by atoms with Gasteiger partial charge < -0.3 is 5.32 Å². The van der Waals surface area contributed by atoms with Crippen molar-refractivity contribution in [2.75, 3.05) is 6.54 Å². The first-order chi connectivity index (χ1) is 6.36. The number of nitrogens with one attached hydrogen (secondary N) is 1. The minimum Gasteiger partial charge on any atom is -0.314 e. The third-order valence-corrected chi connectivity index (χ3v) is 3.02. The molecule has 1 heteroatoms. The fraction of sp³-hybridized carbons (Fsp3) is 1.00. The molecule has 0 spiro atoms. The molecule has 0 aromatic carbocycles. The summed E-state index contributed by atoms with van der Waals surface area (Å²) in [6, 6.07) is 0.810. The van der Waals surface area contributed by atoms with E-state index < -0.39 is 0 Å². The lowest BCUT2D eigenvalue weighted by Gasteiger charge is -2.16. The molecule has 1 atom stereocenters. The van der Waals surface area contributed by atoms with Crippen LogP contribution in [0.1, 0.15) is 58.8 Å². The molecule has 0 saturated heterocycles. The van der Waals surface area contributed by atoms with Crippen LogP contribution in [-0.4, -0.2) is 12.6 Å². The van der Waals surface area contributed by atoms with Gasteiger partial charge in [0.15, 0.2) is 0 Å². The van der Waals surface area contributed by atoms with Crippen molar-refractivity contribution in [3.8, 4) is 0 Å². The van der Waals surface area contributed by atoms with Crippen LogP contribution in [0.2, 0.25) is 0 Å². The van der Waals surface area contributed by atoms with Crippen LogP contribution in [0.4, 0.5) is 0 Å². The van der Waals surface area contributed by atoms with Gasteiger partial charge in [-0.25, -0.2) is 0 Å². The van der Waals surface area contributed by atoms with Gasteiger partial charge >= 0.3 is 0 Å². The van der Waals surface area contributed by atoms with Crippen molar-refractivity contribution in [2.24, 2.45) is 5.92 Å². The summed E-state index contributed by atoms with van der Waals surface area (Å²) in [5.41, 5.74) is 0. The number of hydrogen-bond donors (Lipinski definition) is 1. The van der Waals surface area contributed by atoms with E-state index >= 15 is 0 Å². The normalized spacial score (nSPS) is 18.9. The van der Waals surface area contributed by atoms with Crippen LogP contribution < -0.4 is 5.32 Å². The Hall–Kier alpha value is -0.0400. The summed E-state index contributed by atoms with van der Waals surface area (Å²) < 4.78 is 0. The molecule has 0 bridgehead atoms. The van der Waals surface area contributed by atoms with E-state index in [1.807, 2.05) is 0 Å². The van der Waals surface area contributed by atoms with Crippen molar-refractivity contribution >= 4 is 0 Å². The minimum absolute atomic E-state index is 0.810. The third-order valence-electron chi connectivity index (χ3n) is 3.02. The molecule has 1 nitrogen and oxygen atoms in total.